The summed E-state index contributed by atoms with van der Waals surface area (Å²) in [5.74, 6) is 0.480. The number of rotatable bonds is 6. The van der Waals surface area contributed by atoms with Gasteiger partial charge in [-0.3, -0.25) is 9.89 Å². The van der Waals surface area contributed by atoms with Gasteiger partial charge < -0.3 is 10.1 Å². The number of para-hydroxylation sites is 2. The number of carbonyl (C=O) groups excluding carboxylic acids is 1. The van der Waals surface area contributed by atoms with Crippen molar-refractivity contribution in [3.63, 3.8) is 0 Å². The van der Waals surface area contributed by atoms with E-state index in [1.165, 1.54) is 6.20 Å². The summed E-state index contributed by atoms with van der Waals surface area (Å²) in [4.78, 5) is 11.9. The van der Waals surface area contributed by atoms with Gasteiger partial charge in [0.1, 0.15) is 5.75 Å². The molecule has 0 aliphatic heterocycles. The topological polar surface area (TPSA) is 67.0 Å². The van der Waals surface area contributed by atoms with Crippen LogP contribution in [0.15, 0.2) is 36.7 Å². The summed E-state index contributed by atoms with van der Waals surface area (Å²) >= 11 is 0. The average Bonchev–Trinajstić information content (AvgIpc) is 2.95. The largest absolute Gasteiger partial charge is 0.491 e. The lowest BCUT2D eigenvalue weighted by Crippen LogP contribution is -2.12. The van der Waals surface area contributed by atoms with E-state index in [2.05, 4.69) is 22.4 Å². The highest BCUT2D eigenvalue weighted by molar-refractivity contribution is 6.04. The lowest BCUT2D eigenvalue weighted by Gasteiger charge is -2.11. The van der Waals surface area contributed by atoms with Crippen LogP contribution in [0.3, 0.4) is 0 Å². The van der Waals surface area contributed by atoms with Gasteiger partial charge in [0.2, 0.25) is 0 Å². The number of aromatic amines is 1. The quantitative estimate of drug-likeness (QED) is 0.784. The van der Waals surface area contributed by atoms with Gasteiger partial charge in [-0.2, -0.15) is 5.10 Å². The molecular formula is C14H17N3O2. The molecule has 0 aliphatic carbocycles. The number of anilines is 1. The zero-order valence-corrected chi connectivity index (χ0v) is 10.8. The van der Waals surface area contributed by atoms with E-state index in [1.807, 2.05) is 24.3 Å². The number of nitrogens with zero attached hydrogens (tertiary/aromatic N) is 1. The van der Waals surface area contributed by atoms with E-state index >= 15 is 0 Å². The molecule has 1 amide bonds. The SMILES string of the molecule is CCCCOc1ccccc1NC(=O)c1cn[nH]c1. The van der Waals surface area contributed by atoms with Gasteiger partial charge in [0, 0.05) is 6.20 Å². The first kappa shape index (κ1) is 13.1. The third-order valence-corrected chi connectivity index (χ3v) is 2.65. The van der Waals surface area contributed by atoms with Crippen LogP contribution in [-0.4, -0.2) is 22.7 Å². The summed E-state index contributed by atoms with van der Waals surface area (Å²) in [6.07, 6.45) is 5.10. The molecule has 2 rings (SSSR count). The number of carbonyl (C=O) groups is 1. The van der Waals surface area contributed by atoms with Crippen LogP contribution in [0.2, 0.25) is 0 Å². The summed E-state index contributed by atoms with van der Waals surface area (Å²) in [6, 6.07) is 7.41. The Balaban J connectivity index is 2.05. The van der Waals surface area contributed by atoms with E-state index in [0.29, 0.717) is 23.6 Å². The standard InChI is InChI=1S/C14H17N3O2/c1-2-3-8-19-13-7-5-4-6-12(13)17-14(18)11-9-15-16-10-11/h4-7,9-10H,2-3,8H2,1H3,(H,15,16)(H,17,18). The number of aromatic nitrogens is 2. The first-order valence-corrected chi connectivity index (χ1v) is 6.33. The number of unbranched alkanes of at least 4 members (excludes halogenated alkanes) is 1. The van der Waals surface area contributed by atoms with E-state index in [1.54, 1.807) is 6.20 Å². The molecule has 19 heavy (non-hydrogen) atoms. The minimum atomic E-state index is -0.208. The lowest BCUT2D eigenvalue weighted by atomic mass is 10.2. The Labute approximate surface area is 112 Å². The van der Waals surface area contributed by atoms with Crippen molar-refractivity contribution in [3.05, 3.63) is 42.2 Å². The summed E-state index contributed by atoms with van der Waals surface area (Å²) in [5, 5.41) is 9.18. The van der Waals surface area contributed by atoms with E-state index in [9.17, 15) is 4.79 Å². The Morgan fingerprint density at radius 1 is 1.42 bits per heavy atom. The molecule has 2 N–H and O–H groups in total. The van der Waals surface area contributed by atoms with Crippen molar-refractivity contribution in [2.24, 2.45) is 0 Å². The van der Waals surface area contributed by atoms with Crippen molar-refractivity contribution in [1.29, 1.82) is 0 Å². The van der Waals surface area contributed by atoms with Gasteiger partial charge in [-0.05, 0) is 18.6 Å². The molecule has 0 unspecified atom stereocenters. The average molecular weight is 259 g/mol. The Morgan fingerprint density at radius 3 is 3.00 bits per heavy atom. The minimum Gasteiger partial charge on any atom is -0.491 e. The molecule has 1 aromatic carbocycles. The van der Waals surface area contributed by atoms with Crippen molar-refractivity contribution < 1.29 is 9.53 Å². The molecular weight excluding hydrogens is 242 g/mol. The molecule has 0 bridgehead atoms. The van der Waals surface area contributed by atoms with Crippen molar-refractivity contribution in [1.82, 2.24) is 10.2 Å². The molecule has 0 saturated heterocycles. The third-order valence-electron chi connectivity index (χ3n) is 2.65. The number of nitrogens with one attached hydrogen (secondary N) is 2. The fourth-order valence-corrected chi connectivity index (χ4v) is 1.59. The van der Waals surface area contributed by atoms with Crippen LogP contribution in [0.25, 0.3) is 0 Å². The highest BCUT2D eigenvalue weighted by Gasteiger charge is 2.10. The van der Waals surface area contributed by atoms with Crippen molar-refractivity contribution in [2.45, 2.75) is 19.8 Å². The van der Waals surface area contributed by atoms with Crippen molar-refractivity contribution in [3.8, 4) is 5.75 Å². The van der Waals surface area contributed by atoms with Gasteiger partial charge >= 0.3 is 0 Å². The maximum Gasteiger partial charge on any atom is 0.258 e. The minimum absolute atomic E-state index is 0.208. The van der Waals surface area contributed by atoms with Gasteiger partial charge in [0.25, 0.3) is 5.91 Å². The van der Waals surface area contributed by atoms with Crippen molar-refractivity contribution >= 4 is 11.6 Å². The third kappa shape index (κ3) is 3.58. The second-order valence-electron chi connectivity index (χ2n) is 4.14. The zero-order valence-electron chi connectivity index (χ0n) is 10.8. The first-order chi connectivity index (χ1) is 9.31. The maximum atomic E-state index is 11.9. The molecule has 5 nitrogen and oxygen atoms in total. The normalized spacial score (nSPS) is 10.2. The van der Waals surface area contributed by atoms with E-state index < -0.39 is 0 Å². The molecule has 1 heterocycles. The predicted molar refractivity (Wildman–Crippen MR) is 73.4 cm³/mol. The molecule has 0 atom stereocenters. The Morgan fingerprint density at radius 2 is 2.26 bits per heavy atom. The van der Waals surface area contributed by atoms with Gasteiger partial charge in [0.15, 0.2) is 0 Å². The fourth-order valence-electron chi connectivity index (χ4n) is 1.59. The van der Waals surface area contributed by atoms with E-state index in [-0.39, 0.29) is 5.91 Å². The van der Waals surface area contributed by atoms with Gasteiger partial charge in [-0.25, -0.2) is 0 Å². The molecule has 2 aromatic rings. The Hall–Kier alpha value is -2.30. The van der Waals surface area contributed by atoms with Gasteiger partial charge in [0.05, 0.1) is 24.1 Å². The smallest absolute Gasteiger partial charge is 0.258 e. The number of hydrogen-bond acceptors (Lipinski definition) is 3. The van der Waals surface area contributed by atoms with Gasteiger partial charge in [-0.15, -0.1) is 0 Å². The Kier molecular flexibility index (Phi) is 4.55. The van der Waals surface area contributed by atoms with Crippen LogP contribution in [-0.2, 0) is 0 Å². The van der Waals surface area contributed by atoms with Crippen LogP contribution >= 0.6 is 0 Å². The Bertz CT molecular complexity index is 523. The number of ether oxygens (including phenoxy) is 1. The maximum absolute atomic E-state index is 11.9. The molecule has 0 fully saturated rings. The van der Waals surface area contributed by atoms with Crippen LogP contribution in [0.1, 0.15) is 30.1 Å². The highest BCUT2D eigenvalue weighted by atomic mass is 16.5. The molecule has 5 heteroatoms. The number of benzene rings is 1. The number of hydrogen-bond donors (Lipinski definition) is 2. The molecule has 0 aliphatic rings. The van der Waals surface area contributed by atoms with E-state index in [4.69, 9.17) is 4.74 Å². The molecule has 0 radical (unpaired) electrons. The van der Waals surface area contributed by atoms with Crippen LogP contribution in [0.4, 0.5) is 5.69 Å². The summed E-state index contributed by atoms with van der Waals surface area (Å²) in [6.45, 7) is 2.75. The molecule has 100 valence electrons. The predicted octanol–water partition coefficient (Wildman–Crippen LogP) is 2.84. The molecule has 0 saturated carbocycles. The lowest BCUT2D eigenvalue weighted by molar-refractivity contribution is 0.102. The van der Waals surface area contributed by atoms with E-state index in [0.717, 1.165) is 12.8 Å². The van der Waals surface area contributed by atoms with Gasteiger partial charge in [-0.1, -0.05) is 25.5 Å². The number of amides is 1. The highest BCUT2D eigenvalue weighted by Crippen LogP contribution is 2.24. The van der Waals surface area contributed by atoms with Crippen LogP contribution in [0.5, 0.6) is 5.75 Å². The summed E-state index contributed by atoms with van der Waals surface area (Å²) in [7, 11) is 0. The second kappa shape index (κ2) is 6.58. The first-order valence-electron chi connectivity index (χ1n) is 6.33. The second-order valence-corrected chi connectivity index (χ2v) is 4.14. The summed E-state index contributed by atoms with van der Waals surface area (Å²) in [5.41, 5.74) is 1.16. The van der Waals surface area contributed by atoms with Crippen molar-refractivity contribution in [2.75, 3.05) is 11.9 Å². The van der Waals surface area contributed by atoms with Crippen LogP contribution < -0.4 is 10.1 Å². The zero-order chi connectivity index (χ0) is 13.5. The molecule has 1 aromatic heterocycles. The summed E-state index contributed by atoms with van der Waals surface area (Å²) < 4.78 is 5.66. The monoisotopic (exact) mass is 259 g/mol. The fraction of sp³-hybridized carbons (Fsp3) is 0.286. The molecule has 0 spiro atoms. The number of H-pyrrole nitrogens is 1. The van der Waals surface area contributed by atoms with Crippen LogP contribution in [0, 0.1) is 0 Å².